The molecule has 0 bridgehead atoms. The van der Waals surface area contributed by atoms with Crippen molar-refractivity contribution in [1.29, 1.82) is 0 Å². The number of carbonyl (C=O) groups is 2. The molecule has 3 aromatic heterocycles. The number of hydrogen-bond acceptors (Lipinski definition) is 7. The van der Waals surface area contributed by atoms with Gasteiger partial charge in [0.15, 0.2) is 6.61 Å². The van der Waals surface area contributed by atoms with Crippen LogP contribution in [0.15, 0.2) is 35.4 Å². The van der Waals surface area contributed by atoms with E-state index in [2.05, 4.69) is 16.7 Å². The third kappa shape index (κ3) is 4.39. The summed E-state index contributed by atoms with van der Waals surface area (Å²) in [7, 11) is 0. The molecule has 3 heterocycles. The zero-order chi connectivity index (χ0) is 21.3. The van der Waals surface area contributed by atoms with Crippen LogP contribution in [0.3, 0.4) is 0 Å². The van der Waals surface area contributed by atoms with Crippen LogP contribution >= 0.6 is 22.9 Å². The summed E-state index contributed by atoms with van der Waals surface area (Å²) in [5, 5.41) is 4.44. The van der Waals surface area contributed by atoms with Crippen molar-refractivity contribution in [1.82, 2.24) is 15.0 Å². The number of ether oxygens (including phenoxy) is 1. The number of pyridine rings is 1. The van der Waals surface area contributed by atoms with Gasteiger partial charge in [-0.25, -0.2) is 9.78 Å². The van der Waals surface area contributed by atoms with Gasteiger partial charge in [0, 0.05) is 23.0 Å². The van der Waals surface area contributed by atoms with E-state index in [1.54, 1.807) is 30.0 Å². The fraction of sp³-hybridized carbons (Fsp3) is 0.333. The molecule has 30 heavy (non-hydrogen) atoms. The zero-order valence-electron chi connectivity index (χ0n) is 16.4. The topological polar surface area (TPSA) is 85.5 Å². The molecule has 0 N–H and O–H groups in total. The number of carbonyl (C=O) groups excluding carboxylic acids is 2. The first-order valence-electron chi connectivity index (χ1n) is 9.53. The van der Waals surface area contributed by atoms with E-state index in [1.165, 1.54) is 11.3 Å². The molecule has 1 aliphatic carbocycles. The number of aromatic nitrogens is 2. The lowest BCUT2D eigenvalue weighted by molar-refractivity contribution is -0.134. The Labute approximate surface area is 182 Å². The van der Waals surface area contributed by atoms with Crippen molar-refractivity contribution < 1.29 is 18.8 Å². The summed E-state index contributed by atoms with van der Waals surface area (Å²) in [5.74, 6) is -0.585. The Morgan fingerprint density at radius 3 is 2.90 bits per heavy atom. The smallest absolute Gasteiger partial charge is 0.339 e. The van der Waals surface area contributed by atoms with Crippen molar-refractivity contribution in [3.63, 3.8) is 0 Å². The van der Waals surface area contributed by atoms with Gasteiger partial charge in [-0.15, -0.1) is 17.9 Å². The molecule has 4 rings (SSSR count). The Morgan fingerprint density at radius 2 is 2.23 bits per heavy atom. The van der Waals surface area contributed by atoms with Crippen LogP contribution in [-0.2, 0) is 16.1 Å². The van der Waals surface area contributed by atoms with Gasteiger partial charge in [-0.2, -0.15) is 0 Å². The fourth-order valence-electron chi connectivity index (χ4n) is 3.19. The van der Waals surface area contributed by atoms with Gasteiger partial charge in [0.1, 0.15) is 0 Å². The Hall–Kier alpha value is -2.71. The lowest BCUT2D eigenvalue weighted by atomic mass is 10.1. The molecule has 0 unspecified atom stereocenters. The third-order valence-electron chi connectivity index (χ3n) is 4.86. The number of thiophene rings is 1. The molecular formula is C21H20ClN3O4S. The number of hydrogen-bond donors (Lipinski definition) is 0. The van der Waals surface area contributed by atoms with Crippen LogP contribution < -0.4 is 0 Å². The standard InChI is InChI=1S/C21H20ClN3O4S/c1-3-8-25(10-14-6-7-17(22)30-14)18(26)11-28-21(27)15-9-16(13-4-5-13)23-20-19(15)12(2)24-29-20/h3,6-7,9,13H,1,4-5,8,10-11H2,2H3. The van der Waals surface area contributed by atoms with E-state index in [4.69, 9.17) is 20.9 Å². The molecule has 7 nitrogen and oxygen atoms in total. The lowest BCUT2D eigenvalue weighted by Gasteiger charge is -2.20. The van der Waals surface area contributed by atoms with Gasteiger partial charge >= 0.3 is 5.97 Å². The maximum Gasteiger partial charge on any atom is 0.339 e. The van der Waals surface area contributed by atoms with Gasteiger partial charge in [-0.05, 0) is 38.0 Å². The highest BCUT2D eigenvalue weighted by molar-refractivity contribution is 7.16. The minimum Gasteiger partial charge on any atom is -0.452 e. The quantitative estimate of drug-likeness (QED) is 0.375. The Kier molecular flexibility index (Phi) is 5.87. The number of aryl methyl sites for hydroxylation is 1. The number of fused-ring (bicyclic) bond motifs is 1. The van der Waals surface area contributed by atoms with Crippen LogP contribution in [0.25, 0.3) is 11.1 Å². The Balaban J connectivity index is 1.48. The highest BCUT2D eigenvalue weighted by Crippen LogP contribution is 2.40. The summed E-state index contributed by atoms with van der Waals surface area (Å²) in [6, 6.07) is 5.38. The summed E-state index contributed by atoms with van der Waals surface area (Å²) in [6.07, 6.45) is 3.69. The number of nitrogens with zero attached hydrogens (tertiary/aromatic N) is 3. The Bertz CT molecular complexity index is 1120. The van der Waals surface area contributed by atoms with Crippen molar-refractivity contribution in [3.8, 4) is 0 Å². The molecule has 0 saturated heterocycles. The Morgan fingerprint density at radius 1 is 1.43 bits per heavy atom. The average molecular weight is 446 g/mol. The number of esters is 1. The van der Waals surface area contributed by atoms with Gasteiger partial charge in [0.05, 0.1) is 27.5 Å². The van der Waals surface area contributed by atoms with Gasteiger partial charge < -0.3 is 14.2 Å². The van der Waals surface area contributed by atoms with Crippen LogP contribution in [0.1, 0.15) is 45.4 Å². The van der Waals surface area contributed by atoms with E-state index >= 15 is 0 Å². The van der Waals surface area contributed by atoms with Crippen LogP contribution in [0, 0.1) is 6.92 Å². The van der Waals surface area contributed by atoms with E-state index in [-0.39, 0.29) is 12.5 Å². The second-order valence-electron chi connectivity index (χ2n) is 7.16. The van der Waals surface area contributed by atoms with E-state index in [1.807, 2.05) is 6.07 Å². The number of halogens is 1. The van der Waals surface area contributed by atoms with Crippen LogP contribution in [-0.4, -0.2) is 40.1 Å². The maximum absolute atomic E-state index is 12.8. The predicted octanol–water partition coefficient (Wildman–Crippen LogP) is 4.50. The zero-order valence-corrected chi connectivity index (χ0v) is 18.0. The van der Waals surface area contributed by atoms with E-state index in [9.17, 15) is 9.59 Å². The molecule has 3 aromatic rings. The van der Waals surface area contributed by atoms with Crippen LogP contribution in [0.2, 0.25) is 4.34 Å². The molecule has 9 heteroatoms. The van der Waals surface area contributed by atoms with Crippen molar-refractivity contribution >= 4 is 45.9 Å². The van der Waals surface area contributed by atoms with E-state index in [0.717, 1.165) is 23.4 Å². The van der Waals surface area contributed by atoms with Gasteiger partial charge in [0.25, 0.3) is 11.6 Å². The van der Waals surface area contributed by atoms with Gasteiger partial charge in [0.2, 0.25) is 0 Å². The molecule has 0 aliphatic heterocycles. The second kappa shape index (κ2) is 8.57. The number of rotatable bonds is 8. The van der Waals surface area contributed by atoms with E-state index < -0.39 is 5.97 Å². The second-order valence-corrected chi connectivity index (χ2v) is 8.96. The first-order valence-corrected chi connectivity index (χ1v) is 10.7. The summed E-state index contributed by atoms with van der Waals surface area (Å²) in [4.78, 5) is 32.5. The minimum atomic E-state index is -0.596. The summed E-state index contributed by atoms with van der Waals surface area (Å²) < 4.78 is 11.3. The van der Waals surface area contributed by atoms with Crippen LogP contribution in [0.5, 0.6) is 0 Å². The highest BCUT2D eigenvalue weighted by Gasteiger charge is 2.29. The summed E-state index contributed by atoms with van der Waals surface area (Å²) >= 11 is 7.37. The third-order valence-corrected chi connectivity index (χ3v) is 6.07. The van der Waals surface area contributed by atoms with E-state index in [0.29, 0.717) is 45.7 Å². The van der Waals surface area contributed by atoms with Gasteiger partial charge in [-0.3, -0.25) is 4.79 Å². The first-order chi connectivity index (χ1) is 14.5. The molecule has 0 spiro atoms. The molecule has 0 atom stereocenters. The van der Waals surface area contributed by atoms with Crippen molar-refractivity contribution in [2.75, 3.05) is 13.2 Å². The monoisotopic (exact) mass is 445 g/mol. The fourth-order valence-corrected chi connectivity index (χ4v) is 4.30. The molecule has 156 valence electrons. The average Bonchev–Trinajstić information content (AvgIpc) is 3.41. The maximum atomic E-state index is 12.8. The van der Waals surface area contributed by atoms with Crippen molar-refractivity contribution in [2.45, 2.75) is 32.2 Å². The molecular weight excluding hydrogens is 426 g/mol. The SMILES string of the molecule is C=CCN(Cc1ccc(Cl)s1)C(=O)COC(=O)c1cc(C2CC2)nc2onc(C)c12. The largest absolute Gasteiger partial charge is 0.452 e. The van der Waals surface area contributed by atoms with Crippen LogP contribution in [0.4, 0.5) is 0 Å². The van der Waals surface area contributed by atoms with Gasteiger partial charge in [-0.1, -0.05) is 22.8 Å². The van der Waals surface area contributed by atoms with Crippen molar-refractivity contribution in [3.05, 3.63) is 57.0 Å². The highest BCUT2D eigenvalue weighted by atomic mass is 35.5. The predicted molar refractivity (Wildman–Crippen MR) is 114 cm³/mol. The molecule has 1 saturated carbocycles. The van der Waals surface area contributed by atoms with Crippen molar-refractivity contribution in [2.24, 2.45) is 0 Å². The molecule has 1 amide bonds. The normalized spacial score (nSPS) is 13.4. The lowest BCUT2D eigenvalue weighted by Crippen LogP contribution is -2.34. The molecule has 1 aliphatic rings. The molecule has 0 aromatic carbocycles. The summed E-state index contributed by atoms with van der Waals surface area (Å²) in [5.41, 5.74) is 1.99. The molecule has 1 fully saturated rings. The summed E-state index contributed by atoms with van der Waals surface area (Å²) in [6.45, 7) is 5.76. The first kappa shape index (κ1) is 20.6. The molecule has 0 radical (unpaired) electrons. The number of amides is 1. The minimum absolute atomic E-state index is 0.317.